The molecule has 8 nitrogen and oxygen atoms in total. The van der Waals surface area contributed by atoms with Crippen molar-refractivity contribution in [2.45, 2.75) is 158 Å². The fourth-order valence-corrected chi connectivity index (χ4v) is 3.76. The molecule has 0 aromatic heterocycles. The van der Waals surface area contributed by atoms with Crippen molar-refractivity contribution >= 4 is 23.9 Å². The Morgan fingerprint density at radius 3 is 0.610 bits per heavy atom. The number of rotatable bonds is 20. The monoisotopic (exact) mass is 756 g/mol. The van der Waals surface area contributed by atoms with Gasteiger partial charge in [0.25, 0.3) is 0 Å². The fourth-order valence-electron chi connectivity index (χ4n) is 3.76. The number of hydrogen-bond donors (Lipinski definition) is 0. The van der Waals surface area contributed by atoms with Crippen LogP contribution >= 0.6 is 0 Å². The zero-order valence-electron chi connectivity index (χ0n) is 27.3. The third kappa shape index (κ3) is 34.7. The first kappa shape index (κ1) is 49.3. The average molecular weight is 757 g/mol. The summed E-state index contributed by atoms with van der Waals surface area (Å²) in [5.74, 6) is -4.46. The van der Waals surface area contributed by atoms with Crippen LogP contribution in [0.25, 0.3) is 0 Å². The number of hydrogen-bond acceptors (Lipinski definition) is 8. The maximum atomic E-state index is 10.3. The minimum atomic E-state index is -0.893. The number of carbonyl (C=O) groups excluding carboxylic acids is 4. The van der Waals surface area contributed by atoms with E-state index in [9.17, 15) is 39.6 Å². The van der Waals surface area contributed by atoms with Crippen LogP contribution in [0.15, 0.2) is 0 Å². The predicted molar refractivity (Wildman–Crippen MR) is 153 cm³/mol. The Kier molecular flexibility index (Phi) is 44.0. The minimum absolute atomic E-state index is 0. The van der Waals surface area contributed by atoms with E-state index in [1.807, 2.05) is 27.7 Å². The molecule has 0 fully saturated rings. The standard InChI is InChI=1S/4C8H16O2.W/c4*1-3-5-6-7(4-2)8(9)10;/h4*7H,3-6H2,1-2H3,(H,9,10);/q;;;;+4/p-4. The maximum Gasteiger partial charge on any atom is 4.00 e. The van der Waals surface area contributed by atoms with E-state index in [1.54, 1.807) is 0 Å². The molecular formula is C32H60O8W. The fraction of sp³-hybridized carbons (Fsp3) is 0.875. The molecule has 0 aromatic rings. The third-order valence-corrected chi connectivity index (χ3v) is 6.93. The summed E-state index contributed by atoms with van der Waals surface area (Å²) in [6, 6.07) is 0. The molecule has 0 bridgehead atoms. The van der Waals surface area contributed by atoms with Crippen molar-refractivity contribution in [3.8, 4) is 0 Å². The van der Waals surface area contributed by atoms with Gasteiger partial charge in [0.2, 0.25) is 0 Å². The molecular weight excluding hydrogens is 696 g/mol. The molecule has 0 amide bonds. The second-order valence-corrected chi connectivity index (χ2v) is 10.3. The summed E-state index contributed by atoms with van der Waals surface area (Å²) >= 11 is 0. The zero-order chi connectivity index (χ0) is 31.9. The molecule has 0 rings (SSSR count). The van der Waals surface area contributed by atoms with Gasteiger partial charge in [-0.3, -0.25) is 0 Å². The van der Waals surface area contributed by atoms with Crippen molar-refractivity contribution < 1.29 is 60.7 Å². The summed E-state index contributed by atoms with van der Waals surface area (Å²) < 4.78 is 0. The van der Waals surface area contributed by atoms with E-state index >= 15 is 0 Å². The van der Waals surface area contributed by atoms with Crippen LogP contribution in [0.2, 0.25) is 0 Å². The molecule has 0 N–H and O–H groups in total. The molecule has 0 spiro atoms. The first-order chi connectivity index (χ1) is 18.9. The van der Waals surface area contributed by atoms with E-state index < -0.39 is 23.9 Å². The van der Waals surface area contributed by atoms with Crippen molar-refractivity contribution in [2.24, 2.45) is 23.7 Å². The normalized spacial score (nSPS) is 12.7. The van der Waals surface area contributed by atoms with Gasteiger partial charge in [0, 0.05) is 23.9 Å². The van der Waals surface area contributed by atoms with Gasteiger partial charge in [-0.15, -0.1) is 0 Å². The number of carboxylic acids is 4. The quantitative estimate of drug-likeness (QED) is 0.181. The molecule has 0 saturated heterocycles. The molecule has 4 atom stereocenters. The Labute approximate surface area is 265 Å². The van der Waals surface area contributed by atoms with Crippen molar-refractivity contribution in [1.29, 1.82) is 0 Å². The van der Waals surface area contributed by atoms with Crippen LogP contribution in [0.3, 0.4) is 0 Å². The second kappa shape index (κ2) is 36.6. The molecule has 4 unspecified atom stereocenters. The largest absolute Gasteiger partial charge is 4.00 e. The van der Waals surface area contributed by atoms with Gasteiger partial charge in [0.05, 0.1) is 0 Å². The van der Waals surface area contributed by atoms with Crippen LogP contribution in [0.4, 0.5) is 0 Å². The predicted octanol–water partition coefficient (Wildman–Crippen LogP) is 3.81. The molecule has 0 heterocycles. The Hall–Kier alpha value is -1.43. The summed E-state index contributed by atoms with van der Waals surface area (Å²) in [5.41, 5.74) is 0. The van der Waals surface area contributed by atoms with E-state index in [2.05, 4.69) is 27.7 Å². The Balaban J connectivity index is -0.000000139. The summed E-state index contributed by atoms with van der Waals surface area (Å²) in [5, 5.41) is 41.3. The summed E-state index contributed by atoms with van der Waals surface area (Å²) in [6.07, 6.45) is 14.1. The first-order valence-corrected chi connectivity index (χ1v) is 15.7. The molecule has 41 heavy (non-hydrogen) atoms. The van der Waals surface area contributed by atoms with Crippen molar-refractivity contribution in [3.05, 3.63) is 0 Å². The zero-order valence-corrected chi connectivity index (χ0v) is 30.2. The third-order valence-electron chi connectivity index (χ3n) is 6.93. The van der Waals surface area contributed by atoms with Crippen LogP contribution < -0.4 is 20.4 Å². The smallest absolute Gasteiger partial charge is 0.550 e. The van der Waals surface area contributed by atoms with Crippen LogP contribution in [-0.4, -0.2) is 23.9 Å². The summed E-state index contributed by atoms with van der Waals surface area (Å²) in [6.45, 7) is 15.8. The SMILES string of the molecule is CCCCC(CC)C(=O)[O-].CCCCC(CC)C(=O)[O-].CCCCC(CC)C(=O)[O-].CCCCC(CC)C(=O)[O-].[W+4]. The van der Waals surface area contributed by atoms with Gasteiger partial charge in [-0.05, 0) is 75.0 Å². The van der Waals surface area contributed by atoms with E-state index in [0.29, 0.717) is 25.7 Å². The Morgan fingerprint density at radius 1 is 0.390 bits per heavy atom. The van der Waals surface area contributed by atoms with Gasteiger partial charge in [-0.25, -0.2) is 0 Å². The van der Waals surface area contributed by atoms with E-state index in [0.717, 1.165) is 77.0 Å². The van der Waals surface area contributed by atoms with Gasteiger partial charge in [-0.1, -0.05) is 107 Å². The molecule has 0 aliphatic carbocycles. The molecule has 0 radical (unpaired) electrons. The molecule has 0 aromatic carbocycles. The van der Waals surface area contributed by atoms with Gasteiger partial charge >= 0.3 is 21.1 Å². The molecule has 242 valence electrons. The number of aliphatic carboxylic acids is 4. The Morgan fingerprint density at radius 2 is 0.537 bits per heavy atom. The van der Waals surface area contributed by atoms with Gasteiger partial charge < -0.3 is 39.6 Å². The summed E-state index contributed by atoms with van der Waals surface area (Å²) in [7, 11) is 0. The van der Waals surface area contributed by atoms with Gasteiger partial charge in [0.1, 0.15) is 0 Å². The van der Waals surface area contributed by atoms with E-state index in [-0.39, 0.29) is 44.7 Å². The number of carboxylic acid groups (broad SMARTS) is 4. The van der Waals surface area contributed by atoms with Crippen molar-refractivity contribution in [2.75, 3.05) is 0 Å². The van der Waals surface area contributed by atoms with E-state index in [4.69, 9.17) is 0 Å². The molecule has 9 heteroatoms. The molecule has 0 aliphatic heterocycles. The maximum absolute atomic E-state index is 10.3. The topological polar surface area (TPSA) is 161 Å². The Bertz CT molecular complexity index is 509. The number of carbonyl (C=O) groups is 4. The molecule has 0 aliphatic rings. The first-order valence-electron chi connectivity index (χ1n) is 15.7. The summed E-state index contributed by atoms with van der Waals surface area (Å²) in [4.78, 5) is 41.3. The number of unbranched alkanes of at least 4 members (excludes halogenated alkanes) is 4. The van der Waals surface area contributed by atoms with Crippen LogP contribution in [0.1, 0.15) is 158 Å². The molecule has 0 saturated carbocycles. The van der Waals surface area contributed by atoms with Crippen molar-refractivity contribution in [3.63, 3.8) is 0 Å². The van der Waals surface area contributed by atoms with Gasteiger partial charge in [-0.2, -0.15) is 0 Å². The van der Waals surface area contributed by atoms with Crippen LogP contribution in [0.5, 0.6) is 0 Å². The average Bonchev–Trinajstić information content (AvgIpc) is 2.91. The van der Waals surface area contributed by atoms with E-state index in [1.165, 1.54) is 0 Å². The van der Waals surface area contributed by atoms with Crippen molar-refractivity contribution in [1.82, 2.24) is 0 Å². The van der Waals surface area contributed by atoms with Crippen LogP contribution in [0, 0.1) is 23.7 Å². The van der Waals surface area contributed by atoms with Crippen LogP contribution in [-0.2, 0) is 40.2 Å². The van der Waals surface area contributed by atoms with Gasteiger partial charge in [0.15, 0.2) is 0 Å². The minimum Gasteiger partial charge on any atom is -0.550 e. The second-order valence-electron chi connectivity index (χ2n) is 10.3.